The van der Waals surface area contributed by atoms with Crippen molar-refractivity contribution in [3.8, 4) is 0 Å². The van der Waals surface area contributed by atoms with Gasteiger partial charge in [0.25, 0.3) is 0 Å². The minimum atomic E-state index is 0.172. The number of nitrogens with two attached hydrogens (primary N) is 1. The summed E-state index contributed by atoms with van der Waals surface area (Å²) in [4.78, 5) is 8.60. The molecule has 0 unspecified atom stereocenters. The van der Waals surface area contributed by atoms with Crippen LogP contribution < -0.4 is 16.6 Å². The first-order chi connectivity index (χ1) is 8.69. The van der Waals surface area contributed by atoms with Gasteiger partial charge in [-0.1, -0.05) is 6.07 Å². The summed E-state index contributed by atoms with van der Waals surface area (Å²) in [5, 5.41) is 4.21. The van der Waals surface area contributed by atoms with Gasteiger partial charge in [0.05, 0.1) is 5.52 Å². The number of guanidine groups is 1. The lowest BCUT2D eigenvalue weighted by Gasteiger charge is -2.11. The molecule has 2 rings (SSSR count). The number of nitrogens with zero attached hydrogens (tertiary/aromatic N) is 2. The number of rotatable bonds is 2. The lowest BCUT2D eigenvalue weighted by molar-refractivity contribution is 0.819. The van der Waals surface area contributed by atoms with Gasteiger partial charge < -0.3 is 5.32 Å². The molecular weight excluding hydrogens is 226 g/mol. The molecule has 0 radical (unpaired) electrons. The Morgan fingerprint density at radius 3 is 2.89 bits per heavy atom. The monoisotopic (exact) mass is 243 g/mol. The molecule has 1 aromatic carbocycles. The van der Waals surface area contributed by atoms with E-state index in [9.17, 15) is 0 Å². The topological polar surface area (TPSA) is 75.3 Å². The first-order valence-corrected chi connectivity index (χ1v) is 5.85. The quantitative estimate of drug-likeness (QED) is 0.326. The Balaban J connectivity index is 2.26. The van der Waals surface area contributed by atoms with Crippen LogP contribution in [0.5, 0.6) is 0 Å². The molecule has 0 saturated heterocycles. The fraction of sp³-hybridized carbons (Fsp3) is 0.231. The normalized spacial score (nSPS) is 11.9. The zero-order valence-corrected chi connectivity index (χ0v) is 10.5. The van der Waals surface area contributed by atoms with E-state index in [4.69, 9.17) is 5.84 Å². The number of anilines is 1. The Bertz CT molecular complexity index is 562. The Hall–Kier alpha value is -2.14. The number of pyridine rings is 1. The largest absolute Gasteiger partial charge is 0.325 e. The fourth-order valence-corrected chi connectivity index (χ4v) is 1.65. The molecule has 0 aliphatic heterocycles. The van der Waals surface area contributed by atoms with E-state index in [1.165, 1.54) is 0 Å². The summed E-state index contributed by atoms with van der Waals surface area (Å²) in [5.41, 5.74) is 4.44. The maximum absolute atomic E-state index is 5.43. The van der Waals surface area contributed by atoms with Crippen molar-refractivity contribution in [2.45, 2.75) is 19.9 Å². The Labute approximate surface area is 106 Å². The van der Waals surface area contributed by atoms with Gasteiger partial charge in [-0.25, -0.2) is 10.8 Å². The molecule has 0 amide bonds. The minimum Gasteiger partial charge on any atom is -0.325 e. The highest BCUT2D eigenvalue weighted by atomic mass is 15.3. The van der Waals surface area contributed by atoms with Crippen molar-refractivity contribution in [2.75, 3.05) is 5.32 Å². The highest BCUT2D eigenvalue weighted by Crippen LogP contribution is 2.16. The van der Waals surface area contributed by atoms with Crippen LogP contribution >= 0.6 is 0 Å². The van der Waals surface area contributed by atoms with E-state index < -0.39 is 0 Å². The maximum Gasteiger partial charge on any atom is 0.210 e. The third-order valence-electron chi connectivity index (χ3n) is 2.39. The van der Waals surface area contributed by atoms with Gasteiger partial charge in [0.15, 0.2) is 0 Å². The molecule has 18 heavy (non-hydrogen) atoms. The predicted molar refractivity (Wildman–Crippen MR) is 75.3 cm³/mol. The van der Waals surface area contributed by atoms with Crippen LogP contribution in [-0.2, 0) is 0 Å². The van der Waals surface area contributed by atoms with Crippen molar-refractivity contribution < 1.29 is 0 Å². The van der Waals surface area contributed by atoms with Gasteiger partial charge in [-0.2, -0.15) is 0 Å². The Kier molecular flexibility index (Phi) is 3.74. The van der Waals surface area contributed by atoms with Crippen molar-refractivity contribution in [1.82, 2.24) is 10.4 Å². The molecule has 0 aliphatic carbocycles. The van der Waals surface area contributed by atoms with E-state index in [2.05, 4.69) is 20.7 Å². The molecule has 2 aromatic rings. The van der Waals surface area contributed by atoms with Gasteiger partial charge in [-0.3, -0.25) is 10.4 Å². The lowest BCUT2D eigenvalue weighted by Crippen LogP contribution is -2.36. The van der Waals surface area contributed by atoms with Crippen LogP contribution in [-0.4, -0.2) is 17.0 Å². The molecule has 0 atom stereocenters. The third-order valence-corrected chi connectivity index (χ3v) is 2.39. The third kappa shape index (κ3) is 2.95. The summed E-state index contributed by atoms with van der Waals surface area (Å²) in [7, 11) is 0. The SMILES string of the molecule is CC(C)N=C(NN)Nc1ccc2ncccc2c1. The second-order valence-corrected chi connectivity index (χ2v) is 4.25. The minimum absolute atomic E-state index is 0.172. The molecule has 5 heteroatoms. The van der Waals surface area contributed by atoms with E-state index in [1.807, 2.05) is 44.2 Å². The van der Waals surface area contributed by atoms with E-state index in [0.29, 0.717) is 5.96 Å². The average molecular weight is 243 g/mol. The summed E-state index contributed by atoms with van der Waals surface area (Å²) >= 11 is 0. The lowest BCUT2D eigenvalue weighted by atomic mass is 10.2. The molecule has 5 nitrogen and oxygen atoms in total. The maximum atomic E-state index is 5.43. The molecule has 1 aromatic heterocycles. The zero-order valence-electron chi connectivity index (χ0n) is 10.5. The molecular formula is C13H17N5. The van der Waals surface area contributed by atoms with Gasteiger partial charge in [0, 0.05) is 23.3 Å². The van der Waals surface area contributed by atoms with Crippen LogP contribution in [0, 0.1) is 0 Å². The first kappa shape index (κ1) is 12.3. The Morgan fingerprint density at radius 1 is 1.33 bits per heavy atom. The summed E-state index contributed by atoms with van der Waals surface area (Å²) in [6.45, 7) is 3.98. The summed E-state index contributed by atoms with van der Waals surface area (Å²) in [6, 6.07) is 10.0. The highest BCUT2D eigenvalue weighted by Gasteiger charge is 2.01. The number of aliphatic imine (C=N–C) groups is 1. The van der Waals surface area contributed by atoms with Crippen LogP contribution in [0.3, 0.4) is 0 Å². The van der Waals surface area contributed by atoms with Crippen LogP contribution in [0.2, 0.25) is 0 Å². The first-order valence-electron chi connectivity index (χ1n) is 5.85. The van der Waals surface area contributed by atoms with Crippen molar-refractivity contribution >= 4 is 22.5 Å². The van der Waals surface area contributed by atoms with E-state index in [-0.39, 0.29) is 6.04 Å². The van der Waals surface area contributed by atoms with E-state index >= 15 is 0 Å². The number of hydrazine groups is 1. The van der Waals surface area contributed by atoms with Gasteiger partial charge in [0.1, 0.15) is 0 Å². The van der Waals surface area contributed by atoms with E-state index in [1.54, 1.807) is 6.20 Å². The Morgan fingerprint density at radius 2 is 2.17 bits per heavy atom. The smallest absolute Gasteiger partial charge is 0.210 e. The summed E-state index contributed by atoms with van der Waals surface area (Å²) in [5.74, 6) is 5.98. The fourth-order valence-electron chi connectivity index (χ4n) is 1.65. The van der Waals surface area contributed by atoms with Crippen molar-refractivity contribution in [1.29, 1.82) is 0 Å². The molecule has 0 aliphatic rings. The molecule has 94 valence electrons. The van der Waals surface area contributed by atoms with Crippen LogP contribution in [0.15, 0.2) is 41.5 Å². The number of hydrogen-bond donors (Lipinski definition) is 3. The predicted octanol–water partition coefficient (Wildman–Crippen LogP) is 1.87. The molecule has 0 bridgehead atoms. The molecule has 0 spiro atoms. The molecule has 0 fully saturated rings. The number of nitrogens with one attached hydrogen (secondary N) is 2. The van der Waals surface area contributed by atoms with Crippen molar-refractivity contribution in [2.24, 2.45) is 10.8 Å². The summed E-state index contributed by atoms with van der Waals surface area (Å²) < 4.78 is 0. The van der Waals surface area contributed by atoms with Crippen molar-refractivity contribution in [3.63, 3.8) is 0 Å². The van der Waals surface area contributed by atoms with Crippen LogP contribution in [0.1, 0.15) is 13.8 Å². The van der Waals surface area contributed by atoms with Gasteiger partial charge >= 0.3 is 0 Å². The number of hydrogen-bond acceptors (Lipinski definition) is 3. The van der Waals surface area contributed by atoms with Crippen molar-refractivity contribution in [3.05, 3.63) is 36.5 Å². The second kappa shape index (κ2) is 5.46. The molecule has 1 heterocycles. The number of aromatic nitrogens is 1. The molecule has 0 saturated carbocycles. The standard InChI is InChI=1S/C13H17N5/c1-9(2)16-13(18-14)17-11-5-6-12-10(8-11)4-3-7-15-12/h3-9H,14H2,1-2H3,(H2,16,17,18). The van der Waals surface area contributed by atoms with Crippen LogP contribution in [0.25, 0.3) is 10.9 Å². The second-order valence-electron chi connectivity index (χ2n) is 4.25. The zero-order chi connectivity index (χ0) is 13.0. The van der Waals surface area contributed by atoms with Gasteiger partial charge in [0.2, 0.25) is 5.96 Å². The average Bonchev–Trinajstić information content (AvgIpc) is 2.37. The van der Waals surface area contributed by atoms with Gasteiger partial charge in [-0.05, 0) is 38.1 Å². The highest BCUT2D eigenvalue weighted by molar-refractivity contribution is 5.95. The number of benzene rings is 1. The molecule has 4 N–H and O–H groups in total. The van der Waals surface area contributed by atoms with Crippen LogP contribution in [0.4, 0.5) is 5.69 Å². The van der Waals surface area contributed by atoms with E-state index in [0.717, 1.165) is 16.6 Å². The van der Waals surface area contributed by atoms with Gasteiger partial charge in [-0.15, -0.1) is 0 Å². The summed E-state index contributed by atoms with van der Waals surface area (Å²) in [6.07, 6.45) is 1.78. The number of fused-ring (bicyclic) bond motifs is 1.